The van der Waals surface area contributed by atoms with E-state index in [2.05, 4.69) is 16.3 Å². The molecule has 2 aliphatic carbocycles. The summed E-state index contributed by atoms with van der Waals surface area (Å²) in [6.45, 7) is 2.53. The molecule has 4 heteroatoms. The van der Waals surface area contributed by atoms with Crippen LogP contribution >= 0.6 is 0 Å². The number of carbonyl (C=O) groups excluding carboxylic acids is 1. The molecular weight excluding hydrogens is 262 g/mol. The Kier molecular flexibility index (Phi) is 4.21. The lowest BCUT2D eigenvalue weighted by Gasteiger charge is -2.21. The maximum absolute atomic E-state index is 12.2. The first-order valence-electron chi connectivity index (χ1n) is 7.76. The van der Waals surface area contributed by atoms with Crippen molar-refractivity contribution >= 4 is 11.6 Å². The Hall–Kier alpha value is -1.86. The van der Waals surface area contributed by atoms with Gasteiger partial charge in [-0.05, 0) is 49.7 Å². The van der Waals surface area contributed by atoms with Crippen LogP contribution in [0.15, 0.2) is 24.3 Å². The first-order valence-corrected chi connectivity index (χ1v) is 7.76. The van der Waals surface area contributed by atoms with Crippen molar-refractivity contribution in [3.8, 4) is 6.07 Å². The monoisotopic (exact) mass is 283 g/mol. The van der Waals surface area contributed by atoms with Gasteiger partial charge in [-0.25, -0.2) is 0 Å². The normalized spacial score (nSPS) is 17.5. The summed E-state index contributed by atoms with van der Waals surface area (Å²) in [6, 6.07) is 9.26. The zero-order chi connectivity index (χ0) is 14.7. The van der Waals surface area contributed by atoms with Gasteiger partial charge in [0, 0.05) is 13.1 Å². The van der Waals surface area contributed by atoms with Crippen LogP contribution in [-0.2, 0) is 4.79 Å². The number of hydrogen-bond acceptors (Lipinski definition) is 3. The number of hydrogen-bond donors (Lipinski definition) is 1. The molecule has 0 heterocycles. The van der Waals surface area contributed by atoms with Crippen LogP contribution in [0, 0.1) is 23.2 Å². The van der Waals surface area contributed by atoms with Crippen LogP contribution in [0.4, 0.5) is 5.69 Å². The number of para-hydroxylation sites is 1. The van der Waals surface area contributed by atoms with Crippen LogP contribution in [0.5, 0.6) is 0 Å². The van der Waals surface area contributed by atoms with Crippen molar-refractivity contribution in [1.82, 2.24) is 4.90 Å². The Bertz CT molecular complexity index is 541. The molecule has 1 N–H and O–H groups in total. The van der Waals surface area contributed by atoms with E-state index >= 15 is 0 Å². The second-order valence-corrected chi connectivity index (χ2v) is 6.29. The Balaban J connectivity index is 1.56. The summed E-state index contributed by atoms with van der Waals surface area (Å²) in [5, 5.41) is 11.9. The minimum atomic E-state index is -0.0148. The standard InChI is InChI=1S/C17H21N3O/c18-9-15-3-1-2-4-16(15)19-17(21)12-20(10-13-5-6-13)11-14-7-8-14/h1-4,13-14H,5-8,10-12H2,(H,19,21). The Morgan fingerprint density at radius 1 is 1.19 bits per heavy atom. The summed E-state index contributed by atoms with van der Waals surface area (Å²) < 4.78 is 0. The molecule has 3 rings (SSSR count). The van der Waals surface area contributed by atoms with E-state index in [-0.39, 0.29) is 5.91 Å². The Morgan fingerprint density at radius 3 is 2.38 bits per heavy atom. The fourth-order valence-corrected chi connectivity index (χ4v) is 2.62. The third-order valence-corrected chi connectivity index (χ3v) is 4.12. The number of anilines is 1. The van der Waals surface area contributed by atoms with Crippen LogP contribution in [0.25, 0.3) is 0 Å². The number of rotatable bonds is 7. The second-order valence-electron chi connectivity index (χ2n) is 6.29. The van der Waals surface area contributed by atoms with Gasteiger partial charge >= 0.3 is 0 Å². The Morgan fingerprint density at radius 2 is 1.81 bits per heavy atom. The number of benzene rings is 1. The van der Waals surface area contributed by atoms with Crippen molar-refractivity contribution in [2.75, 3.05) is 25.0 Å². The van der Waals surface area contributed by atoms with Gasteiger partial charge in [-0.15, -0.1) is 0 Å². The van der Waals surface area contributed by atoms with E-state index in [1.807, 2.05) is 6.07 Å². The minimum Gasteiger partial charge on any atom is -0.324 e. The smallest absolute Gasteiger partial charge is 0.238 e. The average Bonchev–Trinajstić information content (AvgIpc) is 3.36. The predicted molar refractivity (Wildman–Crippen MR) is 81.7 cm³/mol. The number of nitrogens with zero attached hydrogens (tertiary/aromatic N) is 2. The lowest BCUT2D eigenvalue weighted by Crippen LogP contribution is -2.36. The van der Waals surface area contributed by atoms with E-state index in [0.717, 1.165) is 24.9 Å². The molecule has 0 spiro atoms. The summed E-state index contributed by atoms with van der Waals surface area (Å²) in [4.78, 5) is 14.5. The highest BCUT2D eigenvalue weighted by molar-refractivity contribution is 5.93. The summed E-state index contributed by atoms with van der Waals surface area (Å²) >= 11 is 0. The molecular formula is C17H21N3O. The lowest BCUT2D eigenvalue weighted by atomic mass is 10.2. The molecule has 0 bridgehead atoms. The van der Waals surface area contributed by atoms with Gasteiger partial charge in [0.15, 0.2) is 0 Å². The molecule has 2 aliphatic rings. The minimum absolute atomic E-state index is 0.0148. The topological polar surface area (TPSA) is 56.1 Å². The molecule has 2 fully saturated rings. The van der Waals surface area contributed by atoms with Crippen LogP contribution in [0.1, 0.15) is 31.2 Å². The fraction of sp³-hybridized carbons (Fsp3) is 0.529. The van der Waals surface area contributed by atoms with Crippen LogP contribution in [0.3, 0.4) is 0 Å². The molecule has 1 aromatic rings. The number of carbonyl (C=O) groups is 1. The van der Waals surface area contributed by atoms with Crippen LogP contribution < -0.4 is 5.32 Å². The maximum atomic E-state index is 12.2. The van der Waals surface area contributed by atoms with E-state index in [1.165, 1.54) is 25.7 Å². The predicted octanol–water partition coefficient (Wildman–Crippen LogP) is 2.62. The van der Waals surface area contributed by atoms with E-state index in [4.69, 9.17) is 5.26 Å². The van der Waals surface area contributed by atoms with Gasteiger partial charge in [0.05, 0.1) is 17.8 Å². The van der Waals surface area contributed by atoms with Gasteiger partial charge < -0.3 is 5.32 Å². The fourth-order valence-electron chi connectivity index (χ4n) is 2.62. The molecule has 0 saturated heterocycles. The van der Waals surface area contributed by atoms with Crippen molar-refractivity contribution in [3.05, 3.63) is 29.8 Å². The van der Waals surface area contributed by atoms with E-state index < -0.39 is 0 Å². The zero-order valence-corrected chi connectivity index (χ0v) is 12.2. The van der Waals surface area contributed by atoms with Crippen LogP contribution in [-0.4, -0.2) is 30.4 Å². The number of amides is 1. The zero-order valence-electron chi connectivity index (χ0n) is 12.2. The molecule has 1 amide bonds. The summed E-state index contributed by atoms with van der Waals surface area (Å²) in [5.74, 6) is 1.57. The molecule has 0 radical (unpaired) electrons. The second kappa shape index (κ2) is 6.28. The summed E-state index contributed by atoms with van der Waals surface area (Å²) in [6.07, 6.45) is 5.22. The Labute approximate surface area is 125 Å². The molecule has 0 atom stereocenters. The molecule has 2 saturated carbocycles. The molecule has 110 valence electrons. The highest BCUT2D eigenvalue weighted by atomic mass is 16.2. The first-order chi connectivity index (χ1) is 10.2. The molecule has 0 unspecified atom stereocenters. The van der Waals surface area contributed by atoms with E-state index in [1.54, 1.807) is 18.2 Å². The van der Waals surface area contributed by atoms with Gasteiger partial charge in [-0.3, -0.25) is 9.69 Å². The maximum Gasteiger partial charge on any atom is 0.238 e. The third kappa shape index (κ3) is 4.30. The molecule has 1 aromatic carbocycles. The van der Waals surface area contributed by atoms with Gasteiger partial charge in [-0.2, -0.15) is 5.26 Å². The van der Waals surface area contributed by atoms with Crippen molar-refractivity contribution < 1.29 is 4.79 Å². The summed E-state index contributed by atoms with van der Waals surface area (Å²) in [5.41, 5.74) is 1.13. The van der Waals surface area contributed by atoms with Crippen molar-refractivity contribution in [2.24, 2.45) is 11.8 Å². The van der Waals surface area contributed by atoms with Gasteiger partial charge in [-0.1, -0.05) is 12.1 Å². The molecule has 0 aromatic heterocycles. The van der Waals surface area contributed by atoms with Crippen LogP contribution in [0.2, 0.25) is 0 Å². The van der Waals surface area contributed by atoms with Crippen molar-refractivity contribution in [1.29, 1.82) is 5.26 Å². The number of nitriles is 1. The SMILES string of the molecule is N#Cc1ccccc1NC(=O)CN(CC1CC1)CC1CC1. The highest BCUT2D eigenvalue weighted by Crippen LogP contribution is 2.33. The van der Waals surface area contributed by atoms with Gasteiger partial charge in [0.2, 0.25) is 5.91 Å². The average molecular weight is 283 g/mol. The van der Waals surface area contributed by atoms with Gasteiger partial charge in [0.1, 0.15) is 6.07 Å². The van der Waals surface area contributed by atoms with Crippen molar-refractivity contribution in [2.45, 2.75) is 25.7 Å². The summed E-state index contributed by atoms with van der Waals surface area (Å²) in [7, 11) is 0. The molecule has 0 aliphatic heterocycles. The van der Waals surface area contributed by atoms with E-state index in [0.29, 0.717) is 17.8 Å². The molecule has 4 nitrogen and oxygen atoms in total. The quantitative estimate of drug-likeness (QED) is 0.837. The van der Waals surface area contributed by atoms with Gasteiger partial charge in [0.25, 0.3) is 0 Å². The first kappa shape index (κ1) is 14.1. The third-order valence-electron chi connectivity index (χ3n) is 4.12. The van der Waals surface area contributed by atoms with E-state index in [9.17, 15) is 4.79 Å². The lowest BCUT2D eigenvalue weighted by molar-refractivity contribution is -0.117. The largest absolute Gasteiger partial charge is 0.324 e. The van der Waals surface area contributed by atoms with Crippen molar-refractivity contribution in [3.63, 3.8) is 0 Å². The number of nitrogens with one attached hydrogen (secondary N) is 1. The highest BCUT2D eigenvalue weighted by Gasteiger charge is 2.30. The molecule has 21 heavy (non-hydrogen) atoms.